The van der Waals surface area contributed by atoms with E-state index >= 15 is 0 Å². The van der Waals surface area contributed by atoms with Crippen LogP contribution in [0.4, 0.5) is 0 Å². The van der Waals surface area contributed by atoms with E-state index in [1.807, 2.05) is 14.1 Å². The molecule has 0 aliphatic carbocycles. The fraction of sp³-hybridized carbons (Fsp3) is 0.917. The highest BCUT2D eigenvalue weighted by atomic mass is 16.5. The van der Waals surface area contributed by atoms with Gasteiger partial charge in [0.1, 0.15) is 0 Å². The van der Waals surface area contributed by atoms with Crippen molar-refractivity contribution in [2.45, 2.75) is 6.92 Å². The Balaban J connectivity index is 2.00. The lowest BCUT2D eigenvalue weighted by Crippen LogP contribution is -2.36. The van der Waals surface area contributed by atoms with Gasteiger partial charge in [-0.2, -0.15) is 0 Å². The van der Waals surface area contributed by atoms with Crippen LogP contribution >= 0.6 is 0 Å². The van der Waals surface area contributed by atoms with Crippen molar-refractivity contribution in [2.75, 3.05) is 53.5 Å². The third-order valence-electron chi connectivity index (χ3n) is 3.08. The minimum absolute atomic E-state index is 0.122. The summed E-state index contributed by atoms with van der Waals surface area (Å²) in [5.41, 5.74) is 0. The van der Waals surface area contributed by atoms with Gasteiger partial charge in [-0.3, -0.25) is 4.79 Å². The zero-order chi connectivity index (χ0) is 12.7. The lowest BCUT2D eigenvalue weighted by Gasteiger charge is -2.14. The second-order valence-corrected chi connectivity index (χ2v) is 4.95. The second-order valence-electron chi connectivity index (χ2n) is 4.95. The molecule has 0 bridgehead atoms. The Morgan fingerprint density at radius 3 is 2.76 bits per heavy atom. The van der Waals surface area contributed by atoms with Crippen LogP contribution in [0.3, 0.4) is 0 Å². The Labute approximate surface area is 104 Å². The fourth-order valence-electron chi connectivity index (χ4n) is 1.89. The van der Waals surface area contributed by atoms with Crippen molar-refractivity contribution in [2.24, 2.45) is 11.8 Å². The number of nitrogens with one attached hydrogen (secondary N) is 2. The van der Waals surface area contributed by atoms with E-state index in [4.69, 9.17) is 4.74 Å². The molecular weight excluding hydrogens is 218 g/mol. The molecule has 1 rings (SSSR count). The van der Waals surface area contributed by atoms with Gasteiger partial charge in [0.05, 0.1) is 19.1 Å². The number of likely N-dealkylation sites (N-methyl/N-ethyl adjacent to an activating group) is 1. The van der Waals surface area contributed by atoms with Gasteiger partial charge < -0.3 is 20.3 Å². The smallest absolute Gasteiger partial charge is 0.224 e. The van der Waals surface area contributed by atoms with Gasteiger partial charge in [-0.1, -0.05) is 6.92 Å². The number of ether oxygens (including phenoxy) is 1. The summed E-state index contributed by atoms with van der Waals surface area (Å²) in [5.74, 6) is 0.708. The van der Waals surface area contributed by atoms with E-state index in [1.165, 1.54) is 0 Å². The first-order valence-corrected chi connectivity index (χ1v) is 6.32. The summed E-state index contributed by atoms with van der Waals surface area (Å²) in [6, 6.07) is 0. The van der Waals surface area contributed by atoms with Crippen LogP contribution in [0.15, 0.2) is 0 Å². The largest absolute Gasteiger partial charge is 0.378 e. The molecule has 5 heteroatoms. The standard InChI is InChI=1S/C12H25N3O2/c1-10-8-13-9-11(10)12(16)14-4-6-17-7-5-15(2)3/h10-11,13H,4-9H2,1-3H3,(H,14,16)/t10-,11-/m1/s1. The normalized spacial score (nSPS) is 24.2. The van der Waals surface area contributed by atoms with E-state index in [0.717, 1.165) is 19.6 Å². The molecule has 2 N–H and O–H groups in total. The lowest BCUT2D eigenvalue weighted by molar-refractivity contribution is -0.125. The maximum atomic E-state index is 11.8. The number of rotatable bonds is 7. The van der Waals surface area contributed by atoms with Crippen LogP contribution < -0.4 is 10.6 Å². The molecule has 0 radical (unpaired) electrons. The fourth-order valence-corrected chi connectivity index (χ4v) is 1.89. The van der Waals surface area contributed by atoms with Crippen molar-refractivity contribution >= 4 is 5.91 Å². The minimum atomic E-state index is 0.122. The quantitative estimate of drug-likeness (QED) is 0.594. The molecule has 1 saturated heterocycles. The molecule has 0 aromatic carbocycles. The van der Waals surface area contributed by atoms with Crippen molar-refractivity contribution in [3.63, 3.8) is 0 Å². The zero-order valence-corrected chi connectivity index (χ0v) is 11.2. The summed E-state index contributed by atoms with van der Waals surface area (Å²) in [5, 5.41) is 6.15. The highest BCUT2D eigenvalue weighted by Gasteiger charge is 2.28. The molecular formula is C12H25N3O2. The number of carbonyl (C=O) groups excluding carboxylic acids is 1. The molecule has 1 aliphatic rings. The van der Waals surface area contributed by atoms with Crippen molar-refractivity contribution in [3.8, 4) is 0 Å². The van der Waals surface area contributed by atoms with Gasteiger partial charge in [0.2, 0.25) is 5.91 Å². The van der Waals surface area contributed by atoms with Gasteiger partial charge in [-0.15, -0.1) is 0 Å². The van der Waals surface area contributed by atoms with Crippen LogP contribution in [0.2, 0.25) is 0 Å². The Bertz CT molecular complexity index is 234. The van der Waals surface area contributed by atoms with Gasteiger partial charge in [0, 0.05) is 19.6 Å². The molecule has 17 heavy (non-hydrogen) atoms. The Hall–Kier alpha value is -0.650. The molecule has 5 nitrogen and oxygen atoms in total. The Morgan fingerprint density at radius 2 is 2.18 bits per heavy atom. The van der Waals surface area contributed by atoms with Crippen molar-refractivity contribution in [1.82, 2.24) is 15.5 Å². The lowest BCUT2D eigenvalue weighted by atomic mass is 9.97. The van der Waals surface area contributed by atoms with Crippen LogP contribution in [0, 0.1) is 11.8 Å². The van der Waals surface area contributed by atoms with E-state index in [1.54, 1.807) is 0 Å². The number of nitrogens with zero attached hydrogens (tertiary/aromatic N) is 1. The number of hydrogen-bond acceptors (Lipinski definition) is 4. The topological polar surface area (TPSA) is 53.6 Å². The van der Waals surface area contributed by atoms with Crippen LogP contribution in [-0.4, -0.2) is 64.3 Å². The summed E-state index contributed by atoms with van der Waals surface area (Å²) >= 11 is 0. The molecule has 0 aromatic rings. The van der Waals surface area contributed by atoms with Crippen LogP contribution in [-0.2, 0) is 9.53 Å². The van der Waals surface area contributed by atoms with E-state index in [9.17, 15) is 4.79 Å². The average molecular weight is 243 g/mol. The van der Waals surface area contributed by atoms with Crippen molar-refractivity contribution in [1.29, 1.82) is 0 Å². The SMILES string of the molecule is C[C@@H]1CNC[C@H]1C(=O)NCCOCCN(C)C. The van der Waals surface area contributed by atoms with E-state index in [-0.39, 0.29) is 11.8 Å². The van der Waals surface area contributed by atoms with Crippen LogP contribution in [0.5, 0.6) is 0 Å². The summed E-state index contributed by atoms with van der Waals surface area (Å²) < 4.78 is 5.41. The highest BCUT2D eigenvalue weighted by molar-refractivity contribution is 5.79. The van der Waals surface area contributed by atoms with Crippen molar-refractivity contribution in [3.05, 3.63) is 0 Å². The van der Waals surface area contributed by atoms with E-state index < -0.39 is 0 Å². The third kappa shape index (κ3) is 5.48. The van der Waals surface area contributed by atoms with E-state index in [0.29, 0.717) is 25.7 Å². The maximum absolute atomic E-state index is 11.8. The monoisotopic (exact) mass is 243 g/mol. The predicted octanol–water partition coefficient (Wildman–Crippen LogP) is -0.464. The first kappa shape index (κ1) is 14.4. The number of amides is 1. The predicted molar refractivity (Wildman–Crippen MR) is 67.9 cm³/mol. The van der Waals surface area contributed by atoms with Gasteiger partial charge in [0.15, 0.2) is 0 Å². The van der Waals surface area contributed by atoms with Gasteiger partial charge >= 0.3 is 0 Å². The Kier molecular flexibility index (Phi) is 6.47. The first-order chi connectivity index (χ1) is 8.11. The summed E-state index contributed by atoms with van der Waals surface area (Å²) in [7, 11) is 4.03. The van der Waals surface area contributed by atoms with Crippen LogP contribution in [0.25, 0.3) is 0 Å². The average Bonchev–Trinajstić information content (AvgIpc) is 2.69. The maximum Gasteiger partial charge on any atom is 0.224 e. The Morgan fingerprint density at radius 1 is 1.41 bits per heavy atom. The number of carbonyl (C=O) groups is 1. The van der Waals surface area contributed by atoms with E-state index in [2.05, 4.69) is 22.5 Å². The van der Waals surface area contributed by atoms with Crippen molar-refractivity contribution < 1.29 is 9.53 Å². The molecule has 1 aliphatic heterocycles. The van der Waals surface area contributed by atoms with Gasteiger partial charge in [0.25, 0.3) is 0 Å². The van der Waals surface area contributed by atoms with Gasteiger partial charge in [-0.25, -0.2) is 0 Å². The molecule has 100 valence electrons. The molecule has 1 fully saturated rings. The third-order valence-corrected chi connectivity index (χ3v) is 3.08. The molecule has 2 atom stereocenters. The molecule has 0 aromatic heterocycles. The molecule has 0 spiro atoms. The first-order valence-electron chi connectivity index (χ1n) is 6.32. The van der Waals surface area contributed by atoms with Gasteiger partial charge in [-0.05, 0) is 26.6 Å². The minimum Gasteiger partial charge on any atom is -0.378 e. The summed E-state index contributed by atoms with van der Waals surface area (Å²) in [6.45, 7) is 6.68. The summed E-state index contributed by atoms with van der Waals surface area (Å²) in [4.78, 5) is 13.9. The molecule has 0 saturated carbocycles. The molecule has 1 heterocycles. The van der Waals surface area contributed by atoms with Crippen LogP contribution in [0.1, 0.15) is 6.92 Å². The highest BCUT2D eigenvalue weighted by Crippen LogP contribution is 2.15. The summed E-state index contributed by atoms with van der Waals surface area (Å²) in [6.07, 6.45) is 0. The number of hydrogen-bond donors (Lipinski definition) is 2. The zero-order valence-electron chi connectivity index (χ0n) is 11.2. The second kappa shape index (κ2) is 7.63. The molecule has 0 unspecified atom stereocenters. The molecule has 1 amide bonds.